The number of amides is 1. The smallest absolute Gasteiger partial charge is 0.321 e. The van der Waals surface area contributed by atoms with E-state index in [-0.39, 0.29) is 11.3 Å². The van der Waals surface area contributed by atoms with Gasteiger partial charge < -0.3 is 5.32 Å². The van der Waals surface area contributed by atoms with E-state index in [1.807, 2.05) is 0 Å². The summed E-state index contributed by atoms with van der Waals surface area (Å²) in [6.45, 7) is 0. The van der Waals surface area contributed by atoms with Gasteiger partial charge in [0.1, 0.15) is 12.7 Å². The summed E-state index contributed by atoms with van der Waals surface area (Å²) in [4.78, 5) is 12.2. The van der Waals surface area contributed by atoms with Crippen LogP contribution in [-0.2, 0) is 6.18 Å². The summed E-state index contributed by atoms with van der Waals surface area (Å²) in [5.41, 5.74) is -0.201. The Bertz CT molecular complexity index is 843. The van der Waals surface area contributed by atoms with Crippen LogP contribution in [0.5, 0.6) is 0 Å². The van der Waals surface area contributed by atoms with E-state index >= 15 is 0 Å². The van der Waals surface area contributed by atoms with Crippen molar-refractivity contribution >= 4 is 11.6 Å². The van der Waals surface area contributed by atoms with Crippen LogP contribution in [-0.4, -0.2) is 20.7 Å². The topological polar surface area (TPSA) is 59.8 Å². The van der Waals surface area contributed by atoms with Gasteiger partial charge >= 0.3 is 6.18 Å². The maximum Gasteiger partial charge on any atom is 0.418 e. The highest BCUT2D eigenvalue weighted by Gasteiger charge is 2.33. The van der Waals surface area contributed by atoms with Gasteiger partial charge in [-0.1, -0.05) is 12.1 Å². The molecule has 1 heterocycles. The predicted octanol–water partition coefficient (Wildman–Crippen LogP) is 3.54. The molecular weight excluding hydrogens is 321 g/mol. The minimum Gasteiger partial charge on any atom is -0.321 e. The molecule has 0 saturated heterocycles. The SMILES string of the molecule is O=C(Nc1ccccc1C(F)(F)F)c1ccc(-n2cnnc2)cc1. The van der Waals surface area contributed by atoms with Crippen LogP contribution in [0.4, 0.5) is 18.9 Å². The van der Waals surface area contributed by atoms with Gasteiger partial charge in [-0.25, -0.2) is 0 Å². The maximum atomic E-state index is 12.9. The van der Waals surface area contributed by atoms with E-state index < -0.39 is 17.6 Å². The van der Waals surface area contributed by atoms with Crippen molar-refractivity contribution < 1.29 is 18.0 Å². The van der Waals surface area contributed by atoms with Gasteiger partial charge in [0.05, 0.1) is 11.3 Å². The Morgan fingerprint density at radius 1 is 0.958 bits per heavy atom. The minimum atomic E-state index is -4.54. The monoisotopic (exact) mass is 332 g/mol. The lowest BCUT2D eigenvalue weighted by molar-refractivity contribution is -0.136. The van der Waals surface area contributed by atoms with Crippen LogP contribution >= 0.6 is 0 Å². The molecule has 24 heavy (non-hydrogen) atoms. The Kier molecular flexibility index (Phi) is 4.03. The molecule has 1 N–H and O–H groups in total. The number of carbonyl (C=O) groups is 1. The Morgan fingerprint density at radius 2 is 1.58 bits per heavy atom. The summed E-state index contributed by atoms with van der Waals surface area (Å²) in [6, 6.07) is 11.2. The molecule has 3 aromatic rings. The Hall–Kier alpha value is -3.16. The molecule has 1 amide bonds. The molecule has 0 unspecified atom stereocenters. The Balaban J connectivity index is 1.81. The molecule has 8 heteroatoms. The first-order chi connectivity index (χ1) is 11.4. The number of alkyl halides is 3. The number of anilines is 1. The number of para-hydroxylation sites is 1. The largest absolute Gasteiger partial charge is 0.418 e. The number of hydrogen-bond donors (Lipinski definition) is 1. The van der Waals surface area contributed by atoms with E-state index in [0.29, 0.717) is 0 Å². The summed E-state index contributed by atoms with van der Waals surface area (Å²) in [5.74, 6) is -0.623. The van der Waals surface area contributed by atoms with Crippen LogP contribution in [0.2, 0.25) is 0 Å². The first kappa shape index (κ1) is 15.7. The third-order valence-electron chi connectivity index (χ3n) is 3.33. The number of carbonyl (C=O) groups excluding carboxylic acids is 1. The van der Waals surface area contributed by atoms with E-state index in [1.54, 1.807) is 16.7 Å². The fourth-order valence-electron chi connectivity index (χ4n) is 2.15. The zero-order valence-electron chi connectivity index (χ0n) is 12.2. The van der Waals surface area contributed by atoms with Gasteiger partial charge in [0.15, 0.2) is 0 Å². The molecule has 0 radical (unpaired) electrons. The maximum absolute atomic E-state index is 12.9. The minimum absolute atomic E-state index is 0.240. The predicted molar refractivity (Wildman–Crippen MR) is 80.8 cm³/mol. The van der Waals surface area contributed by atoms with Gasteiger partial charge in [0, 0.05) is 11.3 Å². The van der Waals surface area contributed by atoms with Crippen LogP contribution in [0.3, 0.4) is 0 Å². The zero-order valence-corrected chi connectivity index (χ0v) is 12.2. The first-order valence-electron chi connectivity index (χ1n) is 6.88. The van der Waals surface area contributed by atoms with Crippen molar-refractivity contribution in [1.29, 1.82) is 0 Å². The molecule has 2 aromatic carbocycles. The van der Waals surface area contributed by atoms with Gasteiger partial charge in [-0.2, -0.15) is 13.2 Å². The summed E-state index contributed by atoms with van der Waals surface area (Å²) in [6.07, 6.45) is -1.55. The van der Waals surface area contributed by atoms with Crippen LogP contribution in [0.25, 0.3) is 5.69 Å². The molecule has 5 nitrogen and oxygen atoms in total. The van der Waals surface area contributed by atoms with E-state index in [9.17, 15) is 18.0 Å². The van der Waals surface area contributed by atoms with Crippen molar-refractivity contribution in [3.05, 3.63) is 72.3 Å². The van der Waals surface area contributed by atoms with Crippen molar-refractivity contribution in [1.82, 2.24) is 14.8 Å². The fourth-order valence-corrected chi connectivity index (χ4v) is 2.15. The quantitative estimate of drug-likeness (QED) is 0.798. The van der Waals surface area contributed by atoms with Gasteiger partial charge in [0.2, 0.25) is 0 Å². The van der Waals surface area contributed by atoms with Crippen molar-refractivity contribution in [2.45, 2.75) is 6.18 Å². The highest BCUT2D eigenvalue weighted by atomic mass is 19.4. The molecule has 0 aliphatic rings. The number of rotatable bonds is 3. The lowest BCUT2D eigenvalue weighted by Crippen LogP contribution is -2.16. The molecule has 1 aromatic heterocycles. The van der Waals surface area contributed by atoms with E-state index in [2.05, 4.69) is 15.5 Å². The van der Waals surface area contributed by atoms with Gasteiger partial charge in [-0.3, -0.25) is 9.36 Å². The average Bonchev–Trinajstić information content (AvgIpc) is 3.09. The number of benzene rings is 2. The normalized spacial score (nSPS) is 11.3. The molecule has 0 aliphatic heterocycles. The molecule has 0 saturated carbocycles. The number of hydrogen-bond acceptors (Lipinski definition) is 3. The second-order valence-corrected chi connectivity index (χ2v) is 4.91. The zero-order chi connectivity index (χ0) is 17.2. The Labute approximate surface area is 134 Å². The van der Waals surface area contributed by atoms with E-state index in [0.717, 1.165) is 11.8 Å². The number of halogens is 3. The van der Waals surface area contributed by atoms with Crippen molar-refractivity contribution in [2.24, 2.45) is 0 Å². The van der Waals surface area contributed by atoms with Crippen molar-refractivity contribution in [3.8, 4) is 5.69 Å². The third kappa shape index (κ3) is 3.27. The van der Waals surface area contributed by atoms with E-state index in [4.69, 9.17) is 0 Å². The molecule has 3 rings (SSSR count). The van der Waals surface area contributed by atoms with Crippen LogP contribution in [0.1, 0.15) is 15.9 Å². The number of nitrogens with zero attached hydrogens (tertiary/aromatic N) is 3. The second kappa shape index (κ2) is 6.15. The molecule has 0 spiro atoms. The number of nitrogens with one attached hydrogen (secondary N) is 1. The van der Waals surface area contributed by atoms with Crippen molar-refractivity contribution in [3.63, 3.8) is 0 Å². The average molecular weight is 332 g/mol. The summed E-state index contributed by atoms with van der Waals surface area (Å²) in [7, 11) is 0. The number of aromatic nitrogens is 3. The van der Waals surface area contributed by atoms with Gasteiger partial charge in [-0.15, -0.1) is 10.2 Å². The van der Waals surface area contributed by atoms with Gasteiger partial charge in [-0.05, 0) is 36.4 Å². The Morgan fingerprint density at radius 3 is 2.21 bits per heavy atom. The highest BCUT2D eigenvalue weighted by Crippen LogP contribution is 2.34. The standard InChI is InChI=1S/C16H11F3N4O/c17-16(18,19)13-3-1-2-4-14(13)22-15(24)11-5-7-12(8-6-11)23-9-20-21-10-23/h1-10H,(H,22,24). The fraction of sp³-hybridized carbons (Fsp3) is 0.0625. The first-order valence-corrected chi connectivity index (χ1v) is 6.88. The van der Waals surface area contributed by atoms with Crippen LogP contribution in [0, 0.1) is 0 Å². The van der Waals surface area contributed by atoms with E-state index in [1.165, 1.54) is 43.0 Å². The van der Waals surface area contributed by atoms with Crippen LogP contribution in [0.15, 0.2) is 61.2 Å². The van der Waals surface area contributed by atoms with Gasteiger partial charge in [0.25, 0.3) is 5.91 Å². The lowest BCUT2D eigenvalue weighted by atomic mass is 10.1. The molecule has 122 valence electrons. The molecular formula is C16H11F3N4O. The summed E-state index contributed by atoms with van der Waals surface area (Å²) in [5, 5.41) is 9.64. The summed E-state index contributed by atoms with van der Waals surface area (Å²) >= 11 is 0. The molecule has 0 aliphatic carbocycles. The summed E-state index contributed by atoms with van der Waals surface area (Å²) < 4.78 is 40.5. The highest BCUT2D eigenvalue weighted by molar-refractivity contribution is 6.04. The molecule has 0 bridgehead atoms. The second-order valence-electron chi connectivity index (χ2n) is 4.91. The molecule has 0 fully saturated rings. The third-order valence-corrected chi connectivity index (χ3v) is 3.33. The molecule has 0 atom stereocenters. The van der Waals surface area contributed by atoms with Crippen molar-refractivity contribution in [2.75, 3.05) is 5.32 Å². The lowest BCUT2D eigenvalue weighted by Gasteiger charge is -2.13. The van der Waals surface area contributed by atoms with Crippen LogP contribution < -0.4 is 5.32 Å².